The predicted octanol–water partition coefficient (Wildman–Crippen LogP) is 3.27. The highest BCUT2D eigenvalue weighted by atomic mass is 14.6. The van der Waals surface area contributed by atoms with E-state index >= 15 is 0 Å². The molecule has 19 heavy (non-hydrogen) atoms. The van der Waals surface area contributed by atoms with Crippen LogP contribution in [-0.4, -0.2) is 0 Å². The lowest BCUT2D eigenvalue weighted by Crippen LogP contribution is -2.44. The molecule has 0 aromatic heterocycles. The van der Waals surface area contributed by atoms with E-state index in [-0.39, 0.29) is 0 Å². The van der Waals surface area contributed by atoms with Crippen molar-refractivity contribution in [3.05, 3.63) is 29.3 Å². The SMILES string of the molecule is NCc1cccc(C2C3CC4CC(C3)CC2C4)c1N. The lowest BCUT2D eigenvalue weighted by atomic mass is 9.50. The molecule has 0 unspecified atom stereocenters. The number of nitrogen functional groups attached to an aromatic ring is 1. The highest BCUT2D eigenvalue weighted by molar-refractivity contribution is 5.56. The van der Waals surface area contributed by atoms with Crippen molar-refractivity contribution in [1.82, 2.24) is 0 Å². The van der Waals surface area contributed by atoms with Crippen molar-refractivity contribution in [2.24, 2.45) is 29.4 Å². The van der Waals surface area contributed by atoms with E-state index in [0.717, 1.165) is 40.8 Å². The summed E-state index contributed by atoms with van der Waals surface area (Å²) in [6.45, 7) is 0.562. The van der Waals surface area contributed by atoms with E-state index in [1.165, 1.54) is 37.7 Å². The molecule has 4 N–H and O–H groups in total. The van der Waals surface area contributed by atoms with Crippen LogP contribution in [0, 0.1) is 23.7 Å². The zero-order chi connectivity index (χ0) is 13.0. The van der Waals surface area contributed by atoms with Gasteiger partial charge in [-0.3, -0.25) is 0 Å². The van der Waals surface area contributed by atoms with Crippen molar-refractivity contribution in [3.63, 3.8) is 0 Å². The van der Waals surface area contributed by atoms with E-state index in [1.54, 1.807) is 0 Å². The van der Waals surface area contributed by atoms with Crippen molar-refractivity contribution in [2.45, 2.75) is 44.6 Å². The first-order chi connectivity index (χ1) is 9.26. The van der Waals surface area contributed by atoms with Crippen LogP contribution in [-0.2, 0) is 6.54 Å². The summed E-state index contributed by atoms with van der Waals surface area (Å²) >= 11 is 0. The summed E-state index contributed by atoms with van der Waals surface area (Å²) in [6.07, 6.45) is 7.31. The summed E-state index contributed by atoms with van der Waals surface area (Å²) in [4.78, 5) is 0. The Morgan fingerprint density at radius 3 is 2.16 bits per heavy atom. The quantitative estimate of drug-likeness (QED) is 0.798. The smallest absolute Gasteiger partial charge is 0.0395 e. The molecule has 4 fully saturated rings. The number of rotatable bonds is 2. The van der Waals surface area contributed by atoms with Gasteiger partial charge >= 0.3 is 0 Å². The average Bonchev–Trinajstić information content (AvgIpc) is 2.39. The molecule has 2 nitrogen and oxygen atoms in total. The Hall–Kier alpha value is -1.02. The van der Waals surface area contributed by atoms with Gasteiger partial charge in [-0.05, 0) is 72.8 Å². The van der Waals surface area contributed by atoms with E-state index in [2.05, 4.69) is 18.2 Å². The molecule has 5 rings (SSSR count). The van der Waals surface area contributed by atoms with E-state index in [0.29, 0.717) is 6.54 Å². The van der Waals surface area contributed by atoms with E-state index < -0.39 is 0 Å². The standard InChI is InChI=1S/C17H24N2/c18-9-12-2-1-3-15(17(12)19)16-13-5-10-4-11(7-13)8-14(16)6-10/h1-3,10-11,13-14,16H,4-9,18-19H2. The third-order valence-corrected chi connectivity index (χ3v) is 6.04. The third kappa shape index (κ3) is 1.73. The molecule has 0 atom stereocenters. The first-order valence-corrected chi connectivity index (χ1v) is 7.83. The Balaban J connectivity index is 1.73. The molecule has 2 heteroatoms. The highest BCUT2D eigenvalue weighted by Gasteiger charge is 2.48. The lowest BCUT2D eigenvalue weighted by molar-refractivity contribution is -0.00256. The van der Waals surface area contributed by atoms with Crippen LogP contribution < -0.4 is 11.5 Å². The van der Waals surface area contributed by atoms with E-state index in [1.807, 2.05) is 0 Å². The number of hydrogen-bond acceptors (Lipinski definition) is 2. The van der Waals surface area contributed by atoms with Gasteiger partial charge in [0.1, 0.15) is 0 Å². The molecule has 4 aliphatic carbocycles. The number of benzene rings is 1. The van der Waals surface area contributed by atoms with Crippen LogP contribution in [0.4, 0.5) is 5.69 Å². The fraction of sp³-hybridized carbons (Fsp3) is 0.647. The van der Waals surface area contributed by atoms with Crippen molar-refractivity contribution >= 4 is 5.69 Å². The Bertz CT molecular complexity index is 466. The van der Waals surface area contributed by atoms with Crippen LogP contribution in [0.1, 0.15) is 49.1 Å². The normalized spacial score (nSPS) is 39.7. The molecule has 0 amide bonds. The Kier molecular flexibility index (Phi) is 2.63. The third-order valence-electron chi connectivity index (χ3n) is 6.04. The summed E-state index contributed by atoms with van der Waals surface area (Å²) < 4.78 is 0. The number of anilines is 1. The molecule has 0 heterocycles. The molecule has 102 valence electrons. The van der Waals surface area contributed by atoms with Crippen molar-refractivity contribution in [1.29, 1.82) is 0 Å². The number of nitrogens with two attached hydrogens (primary N) is 2. The molecule has 4 aliphatic rings. The van der Waals surface area contributed by atoms with Gasteiger partial charge in [-0.2, -0.15) is 0 Å². The molecule has 0 spiro atoms. The van der Waals surface area contributed by atoms with Gasteiger partial charge in [0.2, 0.25) is 0 Å². The molecule has 0 aliphatic heterocycles. The van der Waals surface area contributed by atoms with Gasteiger partial charge in [-0.15, -0.1) is 0 Å². The van der Waals surface area contributed by atoms with Gasteiger partial charge in [0.05, 0.1) is 0 Å². The second kappa shape index (κ2) is 4.24. The lowest BCUT2D eigenvalue weighted by Gasteiger charge is -2.54. The average molecular weight is 256 g/mol. The van der Waals surface area contributed by atoms with Gasteiger partial charge < -0.3 is 11.5 Å². The molecule has 1 aromatic carbocycles. The second-order valence-electron chi connectivity index (χ2n) is 7.08. The summed E-state index contributed by atoms with van der Waals surface area (Å²) in [7, 11) is 0. The Morgan fingerprint density at radius 1 is 0.947 bits per heavy atom. The van der Waals surface area contributed by atoms with Gasteiger partial charge in [-0.1, -0.05) is 18.2 Å². The zero-order valence-electron chi connectivity index (χ0n) is 11.5. The van der Waals surface area contributed by atoms with Crippen LogP contribution in [0.2, 0.25) is 0 Å². The molecular formula is C17H24N2. The van der Waals surface area contributed by atoms with Crippen LogP contribution in [0.5, 0.6) is 0 Å². The predicted molar refractivity (Wildman–Crippen MR) is 78.5 cm³/mol. The molecule has 4 saturated carbocycles. The molecule has 0 saturated heterocycles. The first kappa shape index (κ1) is 11.8. The molecule has 0 radical (unpaired) electrons. The summed E-state index contributed by atoms with van der Waals surface area (Å²) in [6, 6.07) is 6.50. The van der Waals surface area contributed by atoms with Crippen LogP contribution >= 0.6 is 0 Å². The van der Waals surface area contributed by atoms with Crippen LogP contribution in [0.25, 0.3) is 0 Å². The Morgan fingerprint density at radius 2 is 1.58 bits per heavy atom. The zero-order valence-corrected chi connectivity index (χ0v) is 11.5. The van der Waals surface area contributed by atoms with Gasteiger partial charge in [0.15, 0.2) is 0 Å². The minimum atomic E-state index is 0.562. The van der Waals surface area contributed by atoms with Crippen LogP contribution in [0.3, 0.4) is 0 Å². The van der Waals surface area contributed by atoms with Crippen molar-refractivity contribution in [2.75, 3.05) is 5.73 Å². The largest absolute Gasteiger partial charge is 0.398 e. The monoisotopic (exact) mass is 256 g/mol. The van der Waals surface area contributed by atoms with Gasteiger partial charge in [-0.25, -0.2) is 0 Å². The second-order valence-corrected chi connectivity index (χ2v) is 7.08. The maximum Gasteiger partial charge on any atom is 0.0395 e. The maximum atomic E-state index is 6.39. The maximum absolute atomic E-state index is 6.39. The van der Waals surface area contributed by atoms with Gasteiger partial charge in [0.25, 0.3) is 0 Å². The first-order valence-electron chi connectivity index (χ1n) is 7.83. The fourth-order valence-electron chi connectivity index (χ4n) is 5.53. The molecule has 1 aromatic rings. The Labute approximate surface area is 115 Å². The summed E-state index contributed by atoms with van der Waals surface area (Å²) in [5, 5.41) is 0. The highest BCUT2D eigenvalue weighted by Crippen LogP contribution is 2.60. The summed E-state index contributed by atoms with van der Waals surface area (Å²) in [5.41, 5.74) is 15.7. The number of hydrogen-bond donors (Lipinski definition) is 2. The van der Waals surface area contributed by atoms with Gasteiger partial charge in [0, 0.05) is 12.2 Å². The van der Waals surface area contributed by atoms with E-state index in [9.17, 15) is 0 Å². The topological polar surface area (TPSA) is 52.0 Å². The fourth-order valence-corrected chi connectivity index (χ4v) is 5.53. The minimum absolute atomic E-state index is 0.562. The molecule has 4 bridgehead atoms. The van der Waals surface area contributed by atoms with Crippen molar-refractivity contribution < 1.29 is 0 Å². The van der Waals surface area contributed by atoms with Crippen molar-refractivity contribution in [3.8, 4) is 0 Å². The molecular weight excluding hydrogens is 232 g/mol. The summed E-state index contributed by atoms with van der Waals surface area (Å²) in [5.74, 6) is 4.56. The number of para-hydroxylation sites is 1. The minimum Gasteiger partial charge on any atom is -0.398 e. The van der Waals surface area contributed by atoms with E-state index in [4.69, 9.17) is 11.5 Å². The van der Waals surface area contributed by atoms with Crippen LogP contribution in [0.15, 0.2) is 18.2 Å².